The highest BCUT2D eigenvalue weighted by Crippen LogP contribution is 2.20. The number of carbonyl (C=O) groups is 3. The maximum atomic E-state index is 12.5. The summed E-state index contributed by atoms with van der Waals surface area (Å²) in [6.07, 6.45) is 1.51. The van der Waals surface area contributed by atoms with E-state index in [0.717, 1.165) is 24.8 Å². The summed E-state index contributed by atoms with van der Waals surface area (Å²) in [5.74, 6) is -0.644. The number of rotatable bonds is 8. The molecule has 1 unspecified atom stereocenters. The smallest absolute Gasteiger partial charge is 0.410 e. The van der Waals surface area contributed by atoms with Gasteiger partial charge in [0.25, 0.3) is 0 Å². The summed E-state index contributed by atoms with van der Waals surface area (Å²) in [7, 11) is 1.23. The normalized spacial score (nSPS) is 17.2. The van der Waals surface area contributed by atoms with Crippen LogP contribution >= 0.6 is 0 Å². The minimum Gasteiger partial charge on any atom is -0.467 e. The van der Waals surface area contributed by atoms with Gasteiger partial charge in [-0.2, -0.15) is 0 Å². The van der Waals surface area contributed by atoms with E-state index in [4.69, 9.17) is 18.9 Å². The van der Waals surface area contributed by atoms with Crippen molar-refractivity contribution in [3.05, 3.63) is 35.9 Å². The lowest BCUT2D eigenvalue weighted by Gasteiger charge is -2.36. The first kappa shape index (κ1) is 25.5. The third-order valence-corrected chi connectivity index (χ3v) is 4.84. The number of alkyl carbamates (subject to hydrolysis) is 1. The maximum absolute atomic E-state index is 12.5. The van der Waals surface area contributed by atoms with Gasteiger partial charge in [0, 0.05) is 6.54 Å². The standard InChI is InChI=1S/C23H34N2O7/c1-23(2,3)32-22(28)25-13-9-8-12-18(25)15-30-16-19(20(26)29-4)24-21(27)31-14-17-10-6-5-7-11-17/h5-7,10-11,18-19H,8-9,12-16H2,1-4H3,(H,24,27)/t18-,19?/m1/s1. The molecule has 32 heavy (non-hydrogen) atoms. The first-order chi connectivity index (χ1) is 15.2. The number of piperidine rings is 1. The fourth-order valence-corrected chi connectivity index (χ4v) is 3.27. The lowest BCUT2D eigenvalue weighted by atomic mass is 10.0. The Morgan fingerprint density at radius 2 is 1.88 bits per heavy atom. The van der Waals surface area contributed by atoms with E-state index >= 15 is 0 Å². The Labute approximate surface area is 189 Å². The van der Waals surface area contributed by atoms with Gasteiger partial charge in [0.2, 0.25) is 0 Å². The quantitative estimate of drug-likeness (QED) is 0.479. The Bertz CT molecular complexity index is 748. The molecule has 1 aromatic carbocycles. The summed E-state index contributed by atoms with van der Waals surface area (Å²) in [5.41, 5.74) is 0.244. The van der Waals surface area contributed by atoms with Gasteiger partial charge in [0.1, 0.15) is 12.2 Å². The first-order valence-corrected chi connectivity index (χ1v) is 10.8. The van der Waals surface area contributed by atoms with Crippen molar-refractivity contribution in [2.24, 2.45) is 0 Å². The van der Waals surface area contributed by atoms with Gasteiger partial charge < -0.3 is 29.2 Å². The van der Waals surface area contributed by atoms with Crippen LogP contribution in [0.25, 0.3) is 0 Å². The van der Waals surface area contributed by atoms with E-state index < -0.39 is 23.7 Å². The average molecular weight is 451 g/mol. The van der Waals surface area contributed by atoms with Gasteiger partial charge in [-0.1, -0.05) is 30.3 Å². The highest BCUT2D eigenvalue weighted by atomic mass is 16.6. The average Bonchev–Trinajstić information content (AvgIpc) is 2.76. The van der Waals surface area contributed by atoms with Crippen molar-refractivity contribution in [3.63, 3.8) is 0 Å². The van der Waals surface area contributed by atoms with E-state index in [0.29, 0.717) is 6.54 Å². The Kier molecular flexibility index (Phi) is 9.77. The molecule has 2 atom stereocenters. The molecule has 1 aromatic rings. The molecular formula is C23H34N2O7. The van der Waals surface area contributed by atoms with E-state index in [-0.39, 0.29) is 32.0 Å². The Morgan fingerprint density at radius 3 is 2.53 bits per heavy atom. The lowest BCUT2D eigenvalue weighted by Crippen LogP contribution is -2.49. The van der Waals surface area contributed by atoms with Gasteiger partial charge >= 0.3 is 18.2 Å². The number of amides is 2. The number of hydrogen-bond acceptors (Lipinski definition) is 7. The van der Waals surface area contributed by atoms with Crippen LogP contribution in [0.5, 0.6) is 0 Å². The molecule has 2 amide bonds. The number of methoxy groups -OCH3 is 1. The molecule has 0 aliphatic carbocycles. The molecule has 1 aliphatic rings. The zero-order chi connectivity index (χ0) is 23.6. The van der Waals surface area contributed by atoms with E-state index in [1.165, 1.54) is 7.11 Å². The van der Waals surface area contributed by atoms with Crippen LogP contribution < -0.4 is 5.32 Å². The zero-order valence-electron chi connectivity index (χ0n) is 19.3. The number of esters is 1. The molecular weight excluding hydrogens is 416 g/mol. The molecule has 1 saturated heterocycles. The molecule has 1 fully saturated rings. The summed E-state index contributed by atoms with van der Waals surface area (Å²) in [6, 6.07) is 8.01. The number of benzene rings is 1. The van der Waals surface area contributed by atoms with Crippen molar-refractivity contribution >= 4 is 18.2 Å². The fourth-order valence-electron chi connectivity index (χ4n) is 3.27. The van der Waals surface area contributed by atoms with E-state index in [1.807, 2.05) is 51.1 Å². The predicted octanol–water partition coefficient (Wildman–Crippen LogP) is 3.26. The molecule has 1 N–H and O–H groups in total. The minimum absolute atomic E-state index is 0.0777. The van der Waals surface area contributed by atoms with Crippen LogP contribution in [-0.4, -0.2) is 67.6 Å². The highest BCUT2D eigenvalue weighted by Gasteiger charge is 2.31. The second-order valence-corrected chi connectivity index (χ2v) is 8.64. The number of nitrogens with one attached hydrogen (secondary N) is 1. The Balaban J connectivity index is 1.85. The SMILES string of the molecule is COC(=O)C(COC[C@H]1CCCCN1C(=O)OC(C)(C)C)NC(=O)OCc1ccccc1. The zero-order valence-corrected chi connectivity index (χ0v) is 19.3. The van der Waals surface area contributed by atoms with Crippen LogP contribution in [-0.2, 0) is 30.3 Å². The third kappa shape index (κ3) is 8.74. The highest BCUT2D eigenvalue weighted by molar-refractivity contribution is 5.81. The number of ether oxygens (including phenoxy) is 4. The molecule has 0 aromatic heterocycles. The van der Waals surface area contributed by atoms with Crippen LogP contribution in [0.1, 0.15) is 45.6 Å². The number of carbonyl (C=O) groups excluding carboxylic acids is 3. The molecule has 0 spiro atoms. The second-order valence-electron chi connectivity index (χ2n) is 8.64. The van der Waals surface area contributed by atoms with E-state index in [2.05, 4.69) is 5.32 Å². The van der Waals surface area contributed by atoms with Gasteiger partial charge in [0.15, 0.2) is 6.04 Å². The van der Waals surface area contributed by atoms with E-state index in [9.17, 15) is 14.4 Å². The maximum Gasteiger partial charge on any atom is 0.410 e. The lowest BCUT2D eigenvalue weighted by molar-refractivity contribution is -0.145. The molecule has 0 radical (unpaired) electrons. The van der Waals surface area contributed by atoms with Gasteiger partial charge in [0.05, 0.1) is 26.4 Å². The van der Waals surface area contributed by atoms with Gasteiger partial charge in [-0.15, -0.1) is 0 Å². The van der Waals surface area contributed by atoms with Gasteiger partial charge in [-0.05, 0) is 45.6 Å². The monoisotopic (exact) mass is 450 g/mol. The summed E-state index contributed by atoms with van der Waals surface area (Å²) in [4.78, 5) is 38.4. The van der Waals surface area contributed by atoms with Gasteiger partial charge in [-0.3, -0.25) is 0 Å². The molecule has 0 saturated carbocycles. The molecule has 2 rings (SSSR count). The van der Waals surface area contributed by atoms with Crippen molar-refractivity contribution < 1.29 is 33.3 Å². The third-order valence-electron chi connectivity index (χ3n) is 4.84. The first-order valence-electron chi connectivity index (χ1n) is 10.8. The van der Waals surface area contributed by atoms with Crippen LogP contribution in [0.4, 0.5) is 9.59 Å². The fraction of sp³-hybridized carbons (Fsp3) is 0.609. The van der Waals surface area contributed by atoms with Crippen molar-refractivity contribution in [1.82, 2.24) is 10.2 Å². The Morgan fingerprint density at radius 1 is 1.16 bits per heavy atom. The van der Waals surface area contributed by atoms with Crippen LogP contribution in [0, 0.1) is 0 Å². The molecule has 9 heteroatoms. The number of nitrogens with zero attached hydrogens (tertiary/aromatic N) is 1. The van der Waals surface area contributed by atoms with Crippen molar-refractivity contribution in [2.75, 3.05) is 26.9 Å². The topological polar surface area (TPSA) is 103 Å². The summed E-state index contributed by atoms with van der Waals surface area (Å²) >= 11 is 0. The summed E-state index contributed by atoms with van der Waals surface area (Å²) in [5, 5.41) is 2.47. The molecule has 1 aliphatic heterocycles. The van der Waals surface area contributed by atoms with Crippen molar-refractivity contribution in [3.8, 4) is 0 Å². The van der Waals surface area contributed by atoms with E-state index in [1.54, 1.807) is 4.90 Å². The summed E-state index contributed by atoms with van der Waals surface area (Å²) in [6.45, 7) is 6.25. The van der Waals surface area contributed by atoms with Crippen LogP contribution in [0.15, 0.2) is 30.3 Å². The van der Waals surface area contributed by atoms with Crippen molar-refractivity contribution in [1.29, 1.82) is 0 Å². The minimum atomic E-state index is -1.03. The summed E-state index contributed by atoms with van der Waals surface area (Å²) < 4.78 is 21.1. The largest absolute Gasteiger partial charge is 0.467 e. The second kappa shape index (κ2) is 12.3. The van der Waals surface area contributed by atoms with Crippen LogP contribution in [0.3, 0.4) is 0 Å². The molecule has 178 valence electrons. The number of hydrogen-bond donors (Lipinski definition) is 1. The Hall–Kier alpha value is -2.81. The molecule has 1 heterocycles. The molecule has 0 bridgehead atoms. The molecule has 9 nitrogen and oxygen atoms in total. The predicted molar refractivity (Wildman–Crippen MR) is 117 cm³/mol. The number of likely N-dealkylation sites (tertiary alicyclic amines) is 1. The van der Waals surface area contributed by atoms with Crippen molar-refractivity contribution in [2.45, 2.75) is 64.3 Å². The van der Waals surface area contributed by atoms with Gasteiger partial charge in [-0.25, -0.2) is 14.4 Å². The van der Waals surface area contributed by atoms with Crippen LogP contribution in [0.2, 0.25) is 0 Å².